The molecule has 0 bridgehead atoms. The van der Waals surface area contributed by atoms with Crippen molar-refractivity contribution in [1.29, 1.82) is 0 Å². The molecule has 3 heteroatoms. The van der Waals surface area contributed by atoms with E-state index in [-0.39, 0.29) is 5.60 Å². The Morgan fingerprint density at radius 1 is 1.38 bits per heavy atom. The van der Waals surface area contributed by atoms with Gasteiger partial charge >= 0.3 is 0 Å². The summed E-state index contributed by atoms with van der Waals surface area (Å²) >= 11 is 1.48. The topological polar surface area (TPSA) is 21.6 Å². The van der Waals surface area contributed by atoms with Gasteiger partial charge in [-0.2, -0.15) is 0 Å². The Morgan fingerprint density at radius 3 is 2.62 bits per heavy atom. The van der Waals surface area contributed by atoms with Gasteiger partial charge in [-0.05, 0) is 25.5 Å². The predicted octanol–water partition coefficient (Wildman–Crippen LogP) is 3.97. The number of rotatable bonds is 6. The first kappa shape index (κ1) is 13.3. The first-order valence-electron chi connectivity index (χ1n) is 5.52. The molecule has 0 aliphatic carbocycles. The van der Waals surface area contributed by atoms with Crippen LogP contribution in [0.1, 0.15) is 26.7 Å². The fourth-order valence-electron chi connectivity index (χ4n) is 1.40. The van der Waals surface area contributed by atoms with Gasteiger partial charge in [0.25, 0.3) is 0 Å². The molecular weight excluding hydrogens is 218 g/mol. The van der Waals surface area contributed by atoms with Crippen LogP contribution in [0.15, 0.2) is 39.6 Å². The Hall–Kier alpha value is -0.800. The SMILES string of the molecule is CCC[C@@](C)(/C=N/Sc1ccccc1)OC. The van der Waals surface area contributed by atoms with Gasteiger partial charge in [0.15, 0.2) is 0 Å². The summed E-state index contributed by atoms with van der Waals surface area (Å²) in [7, 11) is 1.73. The average molecular weight is 237 g/mol. The van der Waals surface area contributed by atoms with Gasteiger partial charge in [-0.1, -0.05) is 31.5 Å². The maximum Gasteiger partial charge on any atom is 0.101 e. The van der Waals surface area contributed by atoms with Crippen LogP contribution in [0.4, 0.5) is 0 Å². The summed E-state index contributed by atoms with van der Waals surface area (Å²) in [6.07, 6.45) is 3.98. The first-order valence-corrected chi connectivity index (χ1v) is 6.29. The van der Waals surface area contributed by atoms with Gasteiger partial charge in [0, 0.05) is 30.2 Å². The third-order valence-corrected chi connectivity index (χ3v) is 3.13. The van der Waals surface area contributed by atoms with Gasteiger partial charge in [-0.15, -0.1) is 0 Å². The zero-order valence-corrected chi connectivity index (χ0v) is 11.0. The summed E-state index contributed by atoms with van der Waals surface area (Å²) in [6, 6.07) is 10.1. The van der Waals surface area contributed by atoms with Crippen LogP contribution in [0, 0.1) is 0 Å². The Bertz CT molecular complexity index is 326. The van der Waals surface area contributed by atoms with Crippen LogP contribution in [0.5, 0.6) is 0 Å². The molecule has 1 rings (SSSR count). The molecule has 0 amide bonds. The fraction of sp³-hybridized carbons (Fsp3) is 0.462. The fourth-order valence-corrected chi connectivity index (χ4v) is 2.07. The Labute approximate surface area is 102 Å². The maximum atomic E-state index is 5.45. The number of hydrogen-bond acceptors (Lipinski definition) is 3. The van der Waals surface area contributed by atoms with E-state index in [1.807, 2.05) is 36.5 Å². The zero-order chi connectivity index (χ0) is 11.9. The molecule has 0 saturated carbocycles. The third-order valence-electron chi connectivity index (χ3n) is 2.44. The lowest BCUT2D eigenvalue weighted by atomic mass is 10.0. The molecule has 88 valence electrons. The van der Waals surface area contributed by atoms with Crippen LogP contribution in [-0.2, 0) is 4.74 Å². The minimum Gasteiger partial charge on any atom is -0.373 e. The van der Waals surface area contributed by atoms with Crippen molar-refractivity contribution in [1.82, 2.24) is 0 Å². The highest BCUT2D eigenvalue weighted by Gasteiger charge is 2.19. The third kappa shape index (κ3) is 4.37. The molecular formula is C13H19NOS. The molecule has 0 heterocycles. The van der Waals surface area contributed by atoms with Crippen LogP contribution >= 0.6 is 11.9 Å². The molecule has 0 unspecified atom stereocenters. The minimum atomic E-state index is -0.240. The second-order valence-corrected chi connectivity index (χ2v) is 4.77. The zero-order valence-electron chi connectivity index (χ0n) is 10.1. The summed E-state index contributed by atoms with van der Waals surface area (Å²) in [5.74, 6) is 0. The van der Waals surface area contributed by atoms with Crippen molar-refractivity contribution < 1.29 is 4.74 Å². The highest BCUT2D eigenvalue weighted by atomic mass is 32.2. The van der Waals surface area contributed by atoms with E-state index < -0.39 is 0 Å². The molecule has 1 aromatic rings. The molecule has 0 aliphatic heterocycles. The van der Waals surface area contributed by atoms with Gasteiger partial charge in [0.05, 0.1) is 0 Å². The Kier molecular flexibility index (Phi) is 5.56. The standard InChI is InChI=1S/C13H19NOS/c1-4-10-13(2,15-3)11-14-16-12-8-6-5-7-9-12/h5-9,11H,4,10H2,1-3H3/b14-11+/t13-/m0/s1. The largest absolute Gasteiger partial charge is 0.373 e. The summed E-state index contributed by atoms with van der Waals surface area (Å²) in [5.41, 5.74) is -0.240. The molecule has 0 saturated heterocycles. The summed E-state index contributed by atoms with van der Waals surface area (Å²) in [5, 5.41) is 0. The van der Waals surface area contributed by atoms with Crippen molar-refractivity contribution in [3.05, 3.63) is 30.3 Å². The van der Waals surface area contributed by atoms with E-state index in [4.69, 9.17) is 4.74 Å². The van der Waals surface area contributed by atoms with Crippen LogP contribution in [0.25, 0.3) is 0 Å². The molecule has 16 heavy (non-hydrogen) atoms. The Morgan fingerprint density at radius 2 is 2.06 bits per heavy atom. The van der Waals surface area contributed by atoms with Gasteiger partial charge in [0.1, 0.15) is 5.60 Å². The van der Waals surface area contributed by atoms with Crippen molar-refractivity contribution in [3.63, 3.8) is 0 Å². The molecule has 1 aromatic carbocycles. The van der Waals surface area contributed by atoms with Crippen LogP contribution in [0.2, 0.25) is 0 Å². The normalized spacial score (nSPS) is 15.2. The first-order chi connectivity index (χ1) is 7.70. The maximum absolute atomic E-state index is 5.45. The second kappa shape index (κ2) is 6.71. The van der Waals surface area contributed by atoms with E-state index in [0.29, 0.717) is 0 Å². The lowest BCUT2D eigenvalue weighted by Crippen LogP contribution is -2.28. The van der Waals surface area contributed by atoms with Crippen molar-refractivity contribution in [2.75, 3.05) is 7.11 Å². The molecule has 0 aliphatic rings. The highest BCUT2D eigenvalue weighted by Crippen LogP contribution is 2.20. The lowest BCUT2D eigenvalue weighted by Gasteiger charge is -2.22. The molecule has 2 nitrogen and oxygen atoms in total. The molecule has 0 spiro atoms. The van der Waals surface area contributed by atoms with Crippen molar-refractivity contribution in [2.45, 2.75) is 37.2 Å². The van der Waals surface area contributed by atoms with Crippen molar-refractivity contribution in [3.8, 4) is 0 Å². The van der Waals surface area contributed by atoms with E-state index >= 15 is 0 Å². The van der Waals surface area contributed by atoms with Crippen LogP contribution < -0.4 is 0 Å². The number of nitrogens with zero attached hydrogens (tertiary/aromatic N) is 1. The summed E-state index contributed by atoms with van der Waals surface area (Å²) in [6.45, 7) is 4.21. The van der Waals surface area contributed by atoms with Crippen molar-refractivity contribution in [2.24, 2.45) is 4.40 Å². The number of methoxy groups -OCH3 is 1. The van der Waals surface area contributed by atoms with E-state index in [9.17, 15) is 0 Å². The number of hydrogen-bond donors (Lipinski definition) is 0. The smallest absolute Gasteiger partial charge is 0.101 e. The van der Waals surface area contributed by atoms with E-state index in [1.54, 1.807) is 7.11 Å². The lowest BCUT2D eigenvalue weighted by molar-refractivity contribution is 0.0627. The Balaban J connectivity index is 2.53. The molecule has 0 radical (unpaired) electrons. The molecule has 0 aromatic heterocycles. The van der Waals surface area contributed by atoms with Crippen LogP contribution in [-0.4, -0.2) is 18.9 Å². The monoisotopic (exact) mass is 237 g/mol. The van der Waals surface area contributed by atoms with Gasteiger partial charge in [-0.3, -0.25) is 0 Å². The van der Waals surface area contributed by atoms with E-state index in [1.165, 1.54) is 11.9 Å². The van der Waals surface area contributed by atoms with E-state index in [2.05, 4.69) is 18.2 Å². The minimum absolute atomic E-state index is 0.240. The second-order valence-electron chi connectivity index (χ2n) is 3.91. The summed E-state index contributed by atoms with van der Waals surface area (Å²) in [4.78, 5) is 1.15. The molecule has 0 N–H and O–H groups in total. The summed E-state index contributed by atoms with van der Waals surface area (Å²) < 4.78 is 9.82. The van der Waals surface area contributed by atoms with Crippen molar-refractivity contribution >= 4 is 18.2 Å². The van der Waals surface area contributed by atoms with Gasteiger partial charge in [0.2, 0.25) is 0 Å². The van der Waals surface area contributed by atoms with Crippen LogP contribution in [0.3, 0.4) is 0 Å². The number of ether oxygens (including phenoxy) is 1. The molecule has 0 fully saturated rings. The average Bonchev–Trinajstić information content (AvgIpc) is 2.31. The predicted molar refractivity (Wildman–Crippen MR) is 71.1 cm³/mol. The quantitative estimate of drug-likeness (QED) is 0.551. The van der Waals surface area contributed by atoms with Gasteiger partial charge in [-0.25, -0.2) is 4.40 Å². The number of benzene rings is 1. The van der Waals surface area contributed by atoms with E-state index in [0.717, 1.165) is 17.7 Å². The highest BCUT2D eigenvalue weighted by molar-refractivity contribution is 7.98. The molecule has 1 atom stereocenters. The van der Waals surface area contributed by atoms with Gasteiger partial charge < -0.3 is 4.74 Å².